The standard InChI is InChI=1S/C13H20O.2CH3NS2.Ba/c1-2-3-4-5-6-9-12-10-7-8-11-13(12)14;2*2-1(3)4;/h7-8,10-11,14H,2-6,9H2,1H3;2*(H3,2,3,4);/q;;;+2/p-2. The quantitative estimate of drug-likeness (QED) is 0.234. The number of nitrogens with two attached hydrogens (primary N) is 2. The molecule has 0 saturated carbocycles. The van der Waals surface area contributed by atoms with Crippen LogP contribution in [0.15, 0.2) is 24.3 Å². The molecule has 0 aliphatic carbocycles. The van der Waals surface area contributed by atoms with Crippen LogP contribution in [0.5, 0.6) is 5.75 Å². The molecule has 0 atom stereocenters. The van der Waals surface area contributed by atoms with Gasteiger partial charge in [0.1, 0.15) is 5.75 Å². The Hall–Kier alpha value is 0.811. The number of hydrogen-bond acceptors (Lipinski definition) is 5. The van der Waals surface area contributed by atoms with Gasteiger partial charge in [0, 0.05) is 0 Å². The van der Waals surface area contributed by atoms with Gasteiger partial charge >= 0.3 is 48.9 Å². The van der Waals surface area contributed by atoms with Crippen molar-refractivity contribution >= 4 is 107 Å². The van der Waals surface area contributed by atoms with Crippen LogP contribution in [-0.2, 0) is 31.7 Å². The minimum atomic E-state index is 0. The fraction of sp³-hybridized carbons (Fsp3) is 0.467. The van der Waals surface area contributed by atoms with Gasteiger partial charge < -0.3 is 66.3 Å². The molecule has 126 valence electrons. The fourth-order valence-corrected chi connectivity index (χ4v) is 1.64. The summed E-state index contributed by atoms with van der Waals surface area (Å²) < 4.78 is 0.167. The van der Waals surface area contributed by atoms with Gasteiger partial charge in [0.05, 0.1) is 0 Å². The molecule has 1 aromatic rings. The molecule has 0 aliphatic heterocycles. The monoisotopic (exact) mass is 514 g/mol. The molecule has 8 heteroatoms. The van der Waals surface area contributed by atoms with E-state index < -0.39 is 0 Å². The van der Waals surface area contributed by atoms with Crippen molar-refractivity contribution in [3.63, 3.8) is 0 Å². The molecule has 1 aromatic carbocycles. The minimum Gasteiger partial charge on any atom is -0.508 e. The van der Waals surface area contributed by atoms with Crippen molar-refractivity contribution in [3.05, 3.63) is 29.8 Å². The van der Waals surface area contributed by atoms with Crippen molar-refractivity contribution in [3.8, 4) is 5.75 Å². The number of para-hydroxylation sites is 1. The van der Waals surface area contributed by atoms with E-state index in [0.717, 1.165) is 12.0 Å². The fourth-order valence-electron chi connectivity index (χ4n) is 1.64. The summed E-state index contributed by atoms with van der Waals surface area (Å²) in [5.74, 6) is 0.447. The van der Waals surface area contributed by atoms with Gasteiger partial charge in [-0.2, -0.15) is 0 Å². The summed E-state index contributed by atoms with van der Waals surface area (Å²) in [6.07, 6.45) is 7.43. The molecule has 1 rings (SSSR count). The number of hydrogen-bond donors (Lipinski definition) is 3. The maximum absolute atomic E-state index is 9.51. The van der Waals surface area contributed by atoms with E-state index in [1.54, 1.807) is 6.07 Å². The second-order valence-electron chi connectivity index (χ2n) is 4.43. The van der Waals surface area contributed by atoms with Gasteiger partial charge in [0.15, 0.2) is 0 Å². The minimum absolute atomic E-state index is 0. The topological polar surface area (TPSA) is 72.3 Å². The van der Waals surface area contributed by atoms with Crippen LogP contribution in [-0.4, -0.2) is 62.6 Å². The van der Waals surface area contributed by atoms with E-state index in [1.165, 1.54) is 32.1 Å². The number of aryl methyl sites for hydroxylation is 1. The first-order valence-electron chi connectivity index (χ1n) is 7.01. The number of thiocarbonyl (C=S) groups is 2. The maximum Gasteiger partial charge on any atom is 2.00 e. The first kappa shape index (κ1) is 28.6. The van der Waals surface area contributed by atoms with Crippen LogP contribution >= 0.6 is 24.4 Å². The van der Waals surface area contributed by atoms with Gasteiger partial charge in [-0.05, 0) is 24.5 Å². The summed E-state index contributed by atoms with van der Waals surface area (Å²) in [4.78, 5) is 0. The van der Waals surface area contributed by atoms with Crippen LogP contribution < -0.4 is 11.5 Å². The van der Waals surface area contributed by atoms with Gasteiger partial charge in [0.25, 0.3) is 0 Å². The third-order valence-corrected chi connectivity index (χ3v) is 2.54. The zero-order valence-electron chi connectivity index (χ0n) is 13.5. The summed E-state index contributed by atoms with van der Waals surface area (Å²) in [6, 6.07) is 7.63. The Kier molecular flexibility index (Phi) is 25.9. The molecular formula is C15H24BaN2OS4. The predicted molar refractivity (Wildman–Crippen MR) is 115 cm³/mol. The number of unbranched alkanes of at least 4 members (excludes halogenated alkanes) is 4. The van der Waals surface area contributed by atoms with E-state index in [0.29, 0.717) is 5.75 Å². The number of rotatable bonds is 6. The zero-order valence-corrected chi connectivity index (χ0v) is 21.2. The summed E-state index contributed by atoms with van der Waals surface area (Å²) in [6.45, 7) is 2.23. The van der Waals surface area contributed by atoms with E-state index in [4.69, 9.17) is 0 Å². The molecule has 0 bridgehead atoms. The Morgan fingerprint density at radius 1 is 1.00 bits per heavy atom. The first-order valence-corrected chi connectivity index (χ1v) is 8.64. The van der Waals surface area contributed by atoms with Crippen molar-refractivity contribution in [1.29, 1.82) is 0 Å². The summed E-state index contributed by atoms with van der Waals surface area (Å²) in [5.41, 5.74) is 10.4. The van der Waals surface area contributed by atoms with Crippen molar-refractivity contribution < 1.29 is 5.11 Å². The first-order chi connectivity index (χ1) is 10.3. The molecule has 0 amide bonds. The predicted octanol–water partition coefficient (Wildman–Crippen LogP) is 3.08. The van der Waals surface area contributed by atoms with Crippen LogP contribution in [0.3, 0.4) is 0 Å². The second kappa shape index (κ2) is 20.9. The van der Waals surface area contributed by atoms with Crippen LogP contribution in [0.1, 0.15) is 44.6 Å². The largest absolute Gasteiger partial charge is 2.00 e. The van der Waals surface area contributed by atoms with Crippen LogP contribution in [0.25, 0.3) is 0 Å². The Bertz CT molecular complexity index is 414. The molecule has 0 radical (unpaired) electrons. The Labute approximate surface area is 202 Å². The molecular weight excluding hydrogens is 490 g/mol. The van der Waals surface area contributed by atoms with Crippen LogP contribution in [0, 0.1) is 0 Å². The van der Waals surface area contributed by atoms with E-state index in [9.17, 15) is 5.11 Å². The number of aromatic hydroxyl groups is 1. The van der Waals surface area contributed by atoms with Gasteiger partial charge in [-0.1, -0.05) is 59.4 Å². The van der Waals surface area contributed by atoms with E-state index in [1.807, 2.05) is 18.2 Å². The average molecular weight is 514 g/mol. The molecule has 0 fully saturated rings. The number of phenols is 1. The summed E-state index contributed by atoms with van der Waals surface area (Å²) in [5, 5.41) is 9.51. The molecule has 0 saturated heterocycles. The van der Waals surface area contributed by atoms with Crippen molar-refractivity contribution in [2.45, 2.75) is 45.4 Å². The van der Waals surface area contributed by atoms with E-state index in [2.05, 4.69) is 68.1 Å². The van der Waals surface area contributed by atoms with Crippen molar-refractivity contribution in [2.24, 2.45) is 11.5 Å². The Morgan fingerprint density at radius 2 is 1.43 bits per heavy atom. The molecule has 0 aromatic heterocycles. The zero-order chi connectivity index (χ0) is 17.4. The number of phenolic OH excluding ortho intramolecular Hbond substituents is 1. The summed E-state index contributed by atoms with van der Waals surface area (Å²) in [7, 11) is 0. The van der Waals surface area contributed by atoms with Gasteiger partial charge in [0.2, 0.25) is 0 Å². The Morgan fingerprint density at radius 3 is 1.87 bits per heavy atom. The van der Waals surface area contributed by atoms with Gasteiger partial charge in [-0.3, -0.25) is 0 Å². The van der Waals surface area contributed by atoms with Crippen molar-refractivity contribution in [1.82, 2.24) is 0 Å². The third-order valence-electron chi connectivity index (χ3n) is 2.54. The Balaban J connectivity index is -0.000000374. The molecule has 23 heavy (non-hydrogen) atoms. The maximum atomic E-state index is 9.51. The van der Waals surface area contributed by atoms with Gasteiger partial charge in [-0.25, -0.2) is 0 Å². The molecule has 0 heterocycles. The normalized spacial score (nSPS) is 8.39. The molecule has 5 N–H and O–H groups in total. The van der Waals surface area contributed by atoms with E-state index in [-0.39, 0.29) is 57.5 Å². The van der Waals surface area contributed by atoms with Crippen LogP contribution in [0.2, 0.25) is 0 Å². The van der Waals surface area contributed by atoms with Crippen LogP contribution in [0.4, 0.5) is 0 Å². The third kappa shape index (κ3) is 27.9. The van der Waals surface area contributed by atoms with E-state index >= 15 is 0 Å². The molecule has 3 nitrogen and oxygen atoms in total. The van der Waals surface area contributed by atoms with Crippen molar-refractivity contribution in [2.75, 3.05) is 0 Å². The number of benzene rings is 1. The summed E-state index contributed by atoms with van der Waals surface area (Å²) >= 11 is 16.5. The molecule has 0 unspecified atom stereocenters. The smallest absolute Gasteiger partial charge is 0.508 e. The average Bonchev–Trinajstić information content (AvgIpc) is 2.39. The molecule has 0 aliphatic rings. The second-order valence-corrected chi connectivity index (χ2v) is 6.71. The molecule has 0 spiro atoms. The SMILES string of the molecule is CCCCCCCc1ccccc1O.NC(=S)[S-].NC(=S)[S-].[Ba+2]. The van der Waals surface area contributed by atoms with Gasteiger partial charge in [-0.15, -0.1) is 0 Å².